The third kappa shape index (κ3) is 18.8. The van der Waals surface area contributed by atoms with Gasteiger partial charge in [0.05, 0.1) is 44.2 Å². The topological polar surface area (TPSA) is 217 Å². The Balaban J connectivity index is 1.15. The Hall–Kier alpha value is -5.63. The van der Waals surface area contributed by atoms with E-state index >= 15 is 0 Å². The summed E-state index contributed by atoms with van der Waals surface area (Å²) in [5.41, 5.74) is 1.16. The number of allylic oxidation sites excluding steroid dienone is 2. The predicted octanol–water partition coefficient (Wildman–Crippen LogP) is 4.74. The highest BCUT2D eigenvalue weighted by molar-refractivity contribution is 5.83. The van der Waals surface area contributed by atoms with Gasteiger partial charge < -0.3 is 58.3 Å². The zero-order valence-electron chi connectivity index (χ0n) is 42.0. The summed E-state index contributed by atoms with van der Waals surface area (Å²) in [6.45, 7) is 1.12. The van der Waals surface area contributed by atoms with Gasteiger partial charge in [-0.15, -0.1) is 0 Å². The molecule has 0 bridgehead atoms. The van der Waals surface area contributed by atoms with Gasteiger partial charge in [0.25, 0.3) is 0 Å². The molecule has 0 radical (unpaired) electrons. The molecule has 0 aromatic heterocycles. The second-order valence-corrected chi connectivity index (χ2v) is 18.3. The molecule has 2 aromatic carbocycles. The Morgan fingerprint density at radius 2 is 1.15 bits per heavy atom. The highest BCUT2D eigenvalue weighted by Gasteiger charge is 2.40. The fraction of sp³-hybridized carbons (Fsp3) is 0.582. The van der Waals surface area contributed by atoms with Crippen molar-refractivity contribution < 1.29 is 72.5 Å². The van der Waals surface area contributed by atoms with Crippen LogP contribution >= 0.6 is 0 Å². The number of aliphatic hydroxyl groups excluding tert-OH is 3. The number of hydrogen-bond donors (Lipinski definition) is 3. The van der Waals surface area contributed by atoms with Gasteiger partial charge in [-0.25, -0.2) is 0 Å². The van der Waals surface area contributed by atoms with Crippen LogP contribution in [-0.4, -0.2) is 152 Å². The van der Waals surface area contributed by atoms with Crippen molar-refractivity contribution in [1.29, 1.82) is 0 Å². The van der Waals surface area contributed by atoms with Crippen LogP contribution < -0.4 is 14.2 Å². The van der Waals surface area contributed by atoms with E-state index in [4.69, 9.17) is 33.2 Å². The van der Waals surface area contributed by atoms with E-state index in [0.29, 0.717) is 64.5 Å². The summed E-state index contributed by atoms with van der Waals surface area (Å²) in [7, 11) is 6.05. The largest absolute Gasteiger partial charge is 0.426 e. The second-order valence-electron chi connectivity index (χ2n) is 18.3. The van der Waals surface area contributed by atoms with Gasteiger partial charge in [0.15, 0.2) is 0 Å². The zero-order chi connectivity index (χ0) is 51.8. The number of amides is 2. The number of benzene rings is 2. The first-order valence-corrected chi connectivity index (χ1v) is 24.9. The summed E-state index contributed by atoms with van der Waals surface area (Å²) < 4.78 is 38.7. The second kappa shape index (κ2) is 30.4. The third-order valence-electron chi connectivity index (χ3n) is 13.2. The lowest BCUT2D eigenvalue weighted by molar-refractivity contribution is -0.140. The van der Waals surface area contributed by atoms with Crippen LogP contribution in [0.5, 0.6) is 17.2 Å². The van der Waals surface area contributed by atoms with E-state index < -0.39 is 60.6 Å². The van der Waals surface area contributed by atoms with E-state index in [2.05, 4.69) is 23.7 Å². The smallest absolute Gasteiger partial charge is 0.311 e. The number of hydrogen-bond acceptors (Lipinski definition) is 15. The summed E-state index contributed by atoms with van der Waals surface area (Å²) in [6, 6.07) is 13.8. The molecule has 5 rings (SSSR count). The first-order chi connectivity index (χ1) is 34.8. The Kier molecular flexibility index (Phi) is 24.2. The number of rotatable bonds is 25. The maximum atomic E-state index is 13.3. The molecule has 2 amide bonds. The molecule has 1 saturated carbocycles. The number of methoxy groups -OCH3 is 4. The van der Waals surface area contributed by atoms with Crippen molar-refractivity contribution >= 4 is 29.7 Å². The fourth-order valence-electron chi connectivity index (χ4n) is 9.15. The molecule has 3 aliphatic rings. The minimum Gasteiger partial charge on any atom is -0.426 e. The SMILES string of the molecule is CO[C@H]1C#CCCN(C(=O)CCC(=O)Oc2cc(OC(=O)CCC/C=C\C[C@@H]3[C@@H](CC[C@@H](O)CCc4ccccc4)[C@H](O)C[C@@H]3O)cc(OC(=O)CCC(=O)N3CCC#C[C@H](OC)[C@@H](OC)C3)c2)C[C@@H]1OC. The van der Waals surface area contributed by atoms with E-state index in [1.807, 2.05) is 42.5 Å². The average Bonchev–Trinajstić information content (AvgIpc) is 3.62. The van der Waals surface area contributed by atoms with Gasteiger partial charge in [-0.3, -0.25) is 24.0 Å². The van der Waals surface area contributed by atoms with Crippen molar-refractivity contribution in [2.24, 2.45) is 11.8 Å². The molecule has 0 unspecified atom stereocenters. The molecule has 2 aliphatic heterocycles. The van der Waals surface area contributed by atoms with Crippen molar-refractivity contribution in [3.05, 3.63) is 66.2 Å². The van der Waals surface area contributed by atoms with Crippen molar-refractivity contribution in [1.82, 2.24) is 9.80 Å². The van der Waals surface area contributed by atoms with Gasteiger partial charge in [-0.05, 0) is 68.8 Å². The molecule has 2 heterocycles. The number of aryl methyl sites for hydroxylation is 1. The molecule has 1 aliphatic carbocycles. The first kappa shape index (κ1) is 57.3. The Morgan fingerprint density at radius 1 is 0.653 bits per heavy atom. The monoisotopic (exact) mass is 1000 g/mol. The molecular formula is C55H72N2O15. The van der Waals surface area contributed by atoms with Crippen LogP contribution in [0.3, 0.4) is 0 Å². The number of esters is 3. The van der Waals surface area contributed by atoms with Crippen LogP contribution in [0.15, 0.2) is 60.7 Å². The first-order valence-electron chi connectivity index (χ1n) is 24.9. The van der Waals surface area contributed by atoms with Gasteiger partial charge in [0.1, 0.15) is 41.7 Å². The normalized spacial score (nSPS) is 23.5. The number of ether oxygens (including phenoxy) is 7. The molecule has 0 saturated heterocycles. The van der Waals surface area contributed by atoms with E-state index in [0.717, 1.165) is 12.0 Å². The van der Waals surface area contributed by atoms with Crippen LogP contribution in [0.2, 0.25) is 0 Å². The van der Waals surface area contributed by atoms with Crippen molar-refractivity contribution in [2.75, 3.05) is 54.6 Å². The standard InChI is InChI=1S/C55H72N2O15/c1-66-47-19-12-14-30-56(36-49(47)68-3)51(61)26-28-54(64)71-41-32-40(33-42(34-41)72-55(65)29-27-52(62)57-31-15-13-20-48(67-2)50(37-57)69-4)70-53(63)21-11-6-5-10-18-43-44(46(60)35-45(43)59)25-24-39(58)23-22-38-16-8-7-9-17-38/h5,7-10,16-17,32-34,39,43-50,58-60H,6,11,14-15,18,21-31,35-37H2,1-4H3/b10-5-/t39-,43+,44+,45-,46+,47-,48-,49-,50-/m0/s1. The van der Waals surface area contributed by atoms with Gasteiger partial charge in [-0.2, -0.15) is 0 Å². The lowest BCUT2D eigenvalue weighted by Gasteiger charge is -2.30. The molecule has 392 valence electrons. The van der Waals surface area contributed by atoms with Crippen LogP contribution in [0, 0.1) is 35.5 Å². The molecule has 9 atom stereocenters. The molecule has 0 spiro atoms. The van der Waals surface area contributed by atoms with Gasteiger partial charge in [0.2, 0.25) is 11.8 Å². The summed E-state index contributed by atoms with van der Waals surface area (Å²) in [6.07, 6.45) is 4.21. The third-order valence-corrected chi connectivity index (χ3v) is 13.2. The maximum absolute atomic E-state index is 13.3. The van der Waals surface area contributed by atoms with Crippen LogP contribution in [-0.2, 0) is 49.3 Å². The Bertz CT molecular complexity index is 2130. The summed E-state index contributed by atoms with van der Waals surface area (Å²) in [5.74, 6) is 8.62. The van der Waals surface area contributed by atoms with Crippen LogP contribution in [0.1, 0.15) is 95.5 Å². The van der Waals surface area contributed by atoms with E-state index in [1.165, 1.54) is 46.6 Å². The minimum atomic E-state index is -0.767. The van der Waals surface area contributed by atoms with Crippen LogP contribution in [0.4, 0.5) is 0 Å². The lowest BCUT2D eigenvalue weighted by atomic mass is 9.85. The zero-order valence-corrected chi connectivity index (χ0v) is 42.0. The summed E-state index contributed by atoms with van der Waals surface area (Å²) in [4.78, 5) is 69.1. The van der Waals surface area contributed by atoms with E-state index in [-0.39, 0.29) is 92.5 Å². The summed E-state index contributed by atoms with van der Waals surface area (Å²) in [5, 5.41) is 32.2. The van der Waals surface area contributed by atoms with E-state index in [1.54, 1.807) is 9.80 Å². The molecule has 17 heteroatoms. The van der Waals surface area contributed by atoms with Crippen molar-refractivity contribution in [3.8, 4) is 40.9 Å². The number of unbranched alkanes of at least 4 members (excludes halogenated alkanes) is 1. The van der Waals surface area contributed by atoms with Gasteiger partial charge in [0, 0.05) is 91.8 Å². The molecule has 72 heavy (non-hydrogen) atoms. The average molecular weight is 1000 g/mol. The molecule has 1 fully saturated rings. The predicted molar refractivity (Wildman–Crippen MR) is 264 cm³/mol. The van der Waals surface area contributed by atoms with Gasteiger partial charge >= 0.3 is 17.9 Å². The molecule has 2 aromatic rings. The fourth-order valence-corrected chi connectivity index (χ4v) is 9.15. The number of nitrogens with zero attached hydrogens (tertiary/aromatic N) is 2. The highest BCUT2D eigenvalue weighted by atomic mass is 16.6. The highest BCUT2D eigenvalue weighted by Crippen LogP contribution is 2.39. The van der Waals surface area contributed by atoms with Gasteiger partial charge in [-0.1, -0.05) is 66.2 Å². The maximum Gasteiger partial charge on any atom is 0.311 e. The number of carbonyl (C=O) groups is 5. The molecule has 3 N–H and O–H groups in total. The van der Waals surface area contributed by atoms with E-state index in [9.17, 15) is 39.3 Å². The molecule has 17 nitrogen and oxygen atoms in total. The van der Waals surface area contributed by atoms with Crippen molar-refractivity contribution in [3.63, 3.8) is 0 Å². The quantitative estimate of drug-likeness (QED) is 0.0403. The molecular weight excluding hydrogens is 929 g/mol. The minimum absolute atomic E-state index is 0.0102. The van der Waals surface area contributed by atoms with Crippen molar-refractivity contribution in [2.45, 2.75) is 139 Å². The lowest BCUT2D eigenvalue weighted by Crippen LogP contribution is -2.45. The number of carbonyl (C=O) groups excluding carboxylic acids is 5. The Morgan fingerprint density at radius 3 is 1.65 bits per heavy atom. The number of aliphatic hydroxyl groups is 3. The van der Waals surface area contributed by atoms with Crippen LogP contribution in [0.25, 0.3) is 0 Å². The Labute approximate surface area is 423 Å². The summed E-state index contributed by atoms with van der Waals surface area (Å²) >= 11 is 0.